The molecule has 0 saturated heterocycles. The summed E-state index contributed by atoms with van der Waals surface area (Å²) in [7, 11) is 0. The maximum Gasteiger partial charge on any atom is 0.341 e. The van der Waals surface area contributed by atoms with E-state index in [1.54, 1.807) is 31.2 Å². The lowest BCUT2D eigenvalue weighted by atomic mass is 10.1. The van der Waals surface area contributed by atoms with Crippen molar-refractivity contribution in [3.05, 3.63) is 109 Å². The van der Waals surface area contributed by atoms with Gasteiger partial charge in [0.25, 0.3) is 17.3 Å². The number of ether oxygens (including phenoxy) is 1. The van der Waals surface area contributed by atoms with Crippen molar-refractivity contribution in [2.45, 2.75) is 13.0 Å². The summed E-state index contributed by atoms with van der Waals surface area (Å²) in [6.07, 6.45) is -1.52. The Morgan fingerprint density at radius 2 is 1.67 bits per heavy atom. The number of carbonyl (C=O) groups is 2. The second-order valence-electron chi connectivity index (χ2n) is 6.88. The van der Waals surface area contributed by atoms with Crippen molar-refractivity contribution in [1.29, 1.82) is 0 Å². The number of anilines is 1. The molecule has 3 aromatic rings. The molecule has 11 heteroatoms. The van der Waals surface area contributed by atoms with Crippen LogP contribution in [0.1, 0.15) is 27.6 Å². The Morgan fingerprint density at radius 3 is 2.30 bits per heavy atom. The second kappa shape index (κ2) is 9.88. The first-order valence-electron chi connectivity index (χ1n) is 9.43. The zero-order valence-electron chi connectivity index (χ0n) is 17.1. The summed E-state index contributed by atoms with van der Waals surface area (Å²) in [6, 6.07) is 15.4. The Bertz CT molecular complexity index is 1250. The van der Waals surface area contributed by atoms with Crippen LogP contribution >= 0.6 is 11.6 Å². The van der Waals surface area contributed by atoms with Gasteiger partial charge >= 0.3 is 5.97 Å². The maximum absolute atomic E-state index is 13.0. The molecule has 33 heavy (non-hydrogen) atoms. The smallest absolute Gasteiger partial charge is 0.341 e. The minimum Gasteiger partial charge on any atom is -0.444 e. The van der Waals surface area contributed by atoms with Crippen LogP contribution in [0.2, 0.25) is 5.02 Å². The molecule has 0 heterocycles. The predicted molar refractivity (Wildman–Crippen MR) is 119 cm³/mol. The lowest BCUT2D eigenvalue weighted by Crippen LogP contribution is -2.26. The van der Waals surface area contributed by atoms with Gasteiger partial charge in [-0.25, -0.2) is 4.79 Å². The van der Waals surface area contributed by atoms with E-state index in [2.05, 4.69) is 5.32 Å². The number of aryl methyl sites for hydroxylation is 1. The summed E-state index contributed by atoms with van der Waals surface area (Å²) in [6.45, 7) is 1.66. The predicted octanol–water partition coefficient (Wildman–Crippen LogP) is 5.00. The van der Waals surface area contributed by atoms with E-state index in [1.165, 1.54) is 30.3 Å². The van der Waals surface area contributed by atoms with Gasteiger partial charge in [-0.05, 0) is 24.6 Å². The highest BCUT2D eigenvalue weighted by molar-refractivity contribution is 6.33. The third kappa shape index (κ3) is 5.49. The first kappa shape index (κ1) is 23.4. The quantitative estimate of drug-likeness (QED) is 0.291. The Kier molecular flexibility index (Phi) is 6.99. The summed E-state index contributed by atoms with van der Waals surface area (Å²) in [5.74, 6) is -1.94. The molecule has 3 rings (SSSR count). The fourth-order valence-electron chi connectivity index (χ4n) is 2.95. The highest BCUT2D eigenvalue weighted by atomic mass is 35.5. The molecule has 0 aromatic heterocycles. The van der Waals surface area contributed by atoms with Crippen LogP contribution in [0.4, 0.5) is 17.1 Å². The van der Waals surface area contributed by atoms with Crippen molar-refractivity contribution in [3.63, 3.8) is 0 Å². The average molecular weight is 470 g/mol. The number of amides is 1. The number of benzene rings is 3. The van der Waals surface area contributed by atoms with Gasteiger partial charge in [-0.3, -0.25) is 25.0 Å². The average Bonchev–Trinajstić information content (AvgIpc) is 2.79. The maximum atomic E-state index is 13.0. The molecular weight excluding hydrogens is 454 g/mol. The lowest BCUT2D eigenvalue weighted by Gasteiger charge is -2.18. The van der Waals surface area contributed by atoms with Gasteiger partial charge in [-0.15, -0.1) is 0 Å². The third-order valence-corrected chi connectivity index (χ3v) is 4.88. The molecule has 1 atom stereocenters. The van der Waals surface area contributed by atoms with Crippen molar-refractivity contribution in [1.82, 2.24) is 0 Å². The van der Waals surface area contributed by atoms with Gasteiger partial charge in [0.05, 0.1) is 20.4 Å². The number of nitrogens with zero attached hydrogens (tertiary/aromatic N) is 2. The molecule has 0 aliphatic heterocycles. The molecule has 0 fully saturated rings. The van der Waals surface area contributed by atoms with Gasteiger partial charge in [0.15, 0.2) is 0 Å². The molecule has 168 valence electrons. The zero-order chi connectivity index (χ0) is 24.1. The van der Waals surface area contributed by atoms with E-state index in [9.17, 15) is 29.8 Å². The normalized spacial score (nSPS) is 11.3. The fourth-order valence-corrected chi connectivity index (χ4v) is 3.15. The lowest BCUT2D eigenvalue weighted by molar-refractivity contribution is -0.384. The van der Waals surface area contributed by atoms with Crippen molar-refractivity contribution in [2.24, 2.45) is 0 Å². The summed E-state index contributed by atoms with van der Waals surface area (Å²) in [4.78, 5) is 46.9. The van der Waals surface area contributed by atoms with Crippen LogP contribution < -0.4 is 5.32 Å². The largest absolute Gasteiger partial charge is 0.444 e. The molecule has 0 aliphatic rings. The summed E-state index contributed by atoms with van der Waals surface area (Å²) in [5.41, 5.74) is -0.210. The van der Waals surface area contributed by atoms with Crippen LogP contribution in [0.25, 0.3) is 0 Å². The standard InChI is InChI=1S/C22H16ClN3O7/c1-13-7-10-18(19(11-13)26(31)32)24-21(27)20(14-5-3-2-4-6-14)33-22(28)16-12-15(25(29)30)8-9-17(16)23/h2-12,20H,1H3,(H,24,27). The first-order valence-corrected chi connectivity index (χ1v) is 9.81. The zero-order valence-corrected chi connectivity index (χ0v) is 17.8. The SMILES string of the molecule is Cc1ccc(NC(=O)C(OC(=O)c2cc([N+](=O)[O-])ccc2Cl)c2ccccc2)c([N+](=O)[O-])c1. The van der Waals surface area contributed by atoms with E-state index in [-0.39, 0.29) is 33.2 Å². The number of halogens is 1. The number of nitrogens with one attached hydrogen (secondary N) is 1. The Labute approximate surface area is 192 Å². The van der Waals surface area contributed by atoms with E-state index < -0.39 is 27.8 Å². The number of nitro benzene ring substituents is 2. The van der Waals surface area contributed by atoms with Gasteiger partial charge in [-0.2, -0.15) is 0 Å². The topological polar surface area (TPSA) is 142 Å². The molecular formula is C22H16ClN3O7. The molecule has 0 saturated carbocycles. The van der Waals surface area contributed by atoms with Gasteiger partial charge < -0.3 is 10.1 Å². The van der Waals surface area contributed by atoms with Crippen molar-refractivity contribution in [2.75, 3.05) is 5.32 Å². The molecule has 3 aromatic carbocycles. The summed E-state index contributed by atoms with van der Waals surface area (Å²) < 4.78 is 5.37. The monoisotopic (exact) mass is 469 g/mol. The fraction of sp³-hybridized carbons (Fsp3) is 0.0909. The summed E-state index contributed by atoms with van der Waals surface area (Å²) in [5, 5.41) is 24.7. The third-order valence-electron chi connectivity index (χ3n) is 4.55. The van der Waals surface area contributed by atoms with Gasteiger partial charge in [0.2, 0.25) is 6.10 Å². The molecule has 1 amide bonds. The van der Waals surface area contributed by atoms with Crippen LogP contribution in [-0.2, 0) is 9.53 Å². The molecule has 1 N–H and O–H groups in total. The highest BCUT2D eigenvalue weighted by Gasteiger charge is 2.29. The van der Waals surface area contributed by atoms with E-state index in [0.717, 1.165) is 12.1 Å². The second-order valence-corrected chi connectivity index (χ2v) is 7.29. The van der Waals surface area contributed by atoms with Crippen molar-refractivity contribution >= 4 is 40.5 Å². The van der Waals surface area contributed by atoms with Gasteiger partial charge in [-0.1, -0.05) is 48.0 Å². The number of carbonyl (C=O) groups excluding carboxylic acids is 2. The highest BCUT2D eigenvalue weighted by Crippen LogP contribution is 2.29. The number of nitro groups is 2. The minimum absolute atomic E-state index is 0.0824. The number of esters is 1. The number of rotatable bonds is 7. The molecule has 1 unspecified atom stereocenters. The Balaban J connectivity index is 1.95. The number of hydrogen-bond acceptors (Lipinski definition) is 7. The van der Waals surface area contributed by atoms with Crippen molar-refractivity contribution in [3.8, 4) is 0 Å². The van der Waals surface area contributed by atoms with E-state index in [0.29, 0.717) is 5.56 Å². The molecule has 0 aliphatic carbocycles. The number of non-ortho nitro benzene ring substituents is 1. The minimum atomic E-state index is -1.52. The Morgan fingerprint density at radius 1 is 0.970 bits per heavy atom. The van der Waals surface area contributed by atoms with E-state index >= 15 is 0 Å². The van der Waals surface area contributed by atoms with Crippen LogP contribution in [-0.4, -0.2) is 21.7 Å². The van der Waals surface area contributed by atoms with Crippen LogP contribution in [0.3, 0.4) is 0 Å². The molecule has 10 nitrogen and oxygen atoms in total. The van der Waals surface area contributed by atoms with Gasteiger partial charge in [0, 0.05) is 23.8 Å². The van der Waals surface area contributed by atoms with Crippen LogP contribution in [0, 0.1) is 27.2 Å². The molecule has 0 radical (unpaired) electrons. The molecule has 0 spiro atoms. The van der Waals surface area contributed by atoms with Crippen LogP contribution in [0.5, 0.6) is 0 Å². The summed E-state index contributed by atoms with van der Waals surface area (Å²) >= 11 is 6.01. The van der Waals surface area contributed by atoms with Crippen LogP contribution in [0.15, 0.2) is 66.7 Å². The Hall–Kier alpha value is -4.31. The van der Waals surface area contributed by atoms with E-state index in [4.69, 9.17) is 16.3 Å². The molecule has 0 bridgehead atoms. The van der Waals surface area contributed by atoms with E-state index in [1.807, 2.05) is 0 Å². The number of hydrogen-bond donors (Lipinski definition) is 1. The first-order chi connectivity index (χ1) is 15.7. The van der Waals surface area contributed by atoms with Gasteiger partial charge in [0.1, 0.15) is 5.69 Å². The van der Waals surface area contributed by atoms with Crippen molar-refractivity contribution < 1.29 is 24.2 Å².